The van der Waals surface area contributed by atoms with Gasteiger partial charge in [0.25, 0.3) is 0 Å². The maximum Gasteiger partial charge on any atom is 0.573 e. The van der Waals surface area contributed by atoms with E-state index in [0.29, 0.717) is 11.3 Å². The van der Waals surface area contributed by atoms with Crippen molar-refractivity contribution >= 4 is 5.69 Å². The SMILES string of the molecule is FC(F)(F)Oc1ccc(NC(c2cn[nH]c2)c2ccccc2C(F)(F)F)cc1. The number of benzene rings is 2. The summed E-state index contributed by atoms with van der Waals surface area (Å²) in [7, 11) is 0. The minimum Gasteiger partial charge on any atom is -0.406 e. The molecular formula is C18H13F6N3O. The van der Waals surface area contributed by atoms with Gasteiger partial charge in [0, 0.05) is 17.4 Å². The van der Waals surface area contributed by atoms with Crippen molar-refractivity contribution in [2.45, 2.75) is 18.6 Å². The van der Waals surface area contributed by atoms with Gasteiger partial charge in [-0.2, -0.15) is 18.3 Å². The van der Waals surface area contributed by atoms with Crippen molar-refractivity contribution in [2.24, 2.45) is 0 Å². The molecule has 0 saturated carbocycles. The fourth-order valence-corrected chi connectivity index (χ4v) is 2.69. The average molecular weight is 401 g/mol. The van der Waals surface area contributed by atoms with Crippen LogP contribution < -0.4 is 10.1 Å². The highest BCUT2D eigenvalue weighted by Gasteiger charge is 2.35. The number of hydrogen-bond donors (Lipinski definition) is 2. The molecule has 10 heteroatoms. The van der Waals surface area contributed by atoms with Gasteiger partial charge in [0.05, 0.1) is 17.8 Å². The number of nitrogens with one attached hydrogen (secondary N) is 2. The lowest BCUT2D eigenvalue weighted by molar-refractivity contribution is -0.274. The molecule has 0 saturated heterocycles. The Kier molecular flexibility index (Phi) is 5.21. The number of aromatic amines is 1. The van der Waals surface area contributed by atoms with Gasteiger partial charge >= 0.3 is 12.5 Å². The van der Waals surface area contributed by atoms with Gasteiger partial charge in [-0.15, -0.1) is 13.2 Å². The molecule has 0 radical (unpaired) electrons. The zero-order valence-electron chi connectivity index (χ0n) is 14.0. The van der Waals surface area contributed by atoms with Crippen LogP contribution in [0.4, 0.5) is 32.0 Å². The lowest BCUT2D eigenvalue weighted by atomic mass is 9.95. The van der Waals surface area contributed by atoms with Crippen LogP contribution in [0.1, 0.15) is 22.7 Å². The van der Waals surface area contributed by atoms with Crippen LogP contribution >= 0.6 is 0 Å². The highest BCUT2D eigenvalue weighted by Crippen LogP contribution is 2.38. The quantitative estimate of drug-likeness (QED) is 0.553. The van der Waals surface area contributed by atoms with Gasteiger partial charge in [-0.1, -0.05) is 18.2 Å². The molecule has 0 fully saturated rings. The lowest BCUT2D eigenvalue weighted by Crippen LogP contribution is -2.18. The zero-order chi connectivity index (χ0) is 20.4. The predicted octanol–water partition coefficient (Wildman–Crippen LogP) is 5.53. The summed E-state index contributed by atoms with van der Waals surface area (Å²) in [5, 5.41) is 9.21. The van der Waals surface area contributed by atoms with Gasteiger partial charge in [0.2, 0.25) is 0 Å². The van der Waals surface area contributed by atoms with Crippen molar-refractivity contribution in [3.05, 3.63) is 77.6 Å². The molecule has 1 unspecified atom stereocenters. The van der Waals surface area contributed by atoms with Gasteiger partial charge in [-0.25, -0.2) is 0 Å². The largest absolute Gasteiger partial charge is 0.573 e. The maximum absolute atomic E-state index is 13.4. The first-order chi connectivity index (χ1) is 13.1. The summed E-state index contributed by atoms with van der Waals surface area (Å²) in [6.07, 6.45) is -6.61. The van der Waals surface area contributed by atoms with Gasteiger partial charge in [0.1, 0.15) is 5.75 Å². The monoisotopic (exact) mass is 401 g/mol. The summed E-state index contributed by atoms with van der Waals surface area (Å²) in [6.45, 7) is 0. The molecule has 2 aromatic carbocycles. The smallest absolute Gasteiger partial charge is 0.406 e. The van der Waals surface area contributed by atoms with E-state index in [1.807, 2.05) is 0 Å². The summed E-state index contributed by atoms with van der Waals surface area (Å²) in [4.78, 5) is 0. The third-order valence-corrected chi connectivity index (χ3v) is 3.83. The predicted molar refractivity (Wildman–Crippen MR) is 88.6 cm³/mol. The molecule has 1 aromatic heterocycles. The molecule has 0 bridgehead atoms. The van der Waals surface area contributed by atoms with Crippen molar-refractivity contribution in [1.29, 1.82) is 0 Å². The number of ether oxygens (including phenoxy) is 1. The molecule has 148 valence electrons. The van der Waals surface area contributed by atoms with E-state index in [-0.39, 0.29) is 5.56 Å². The number of rotatable bonds is 5. The number of halogens is 6. The minimum absolute atomic E-state index is 0.0491. The number of H-pyrrole nitrogens is 1. The Balaban J connectivity index is 1.94. The van der Waals surface area contributed by atoms with Crippen LogP contribution in [-0.2, 0) is 6.18 Å². The summed E-state index contributed by atoms with van der Waals surface area (Å²) >= 11 is 0. The van der Waals surface area contributed by atoms with E-state index in [1.165, 1.54) is 42.7 Å². The third-order valence-electron chi connectivity index (χ3n) is 3.83. The molecule has 4 nitrogen and oxygen atoms in total. The standard InChI is InChI=1S/C18H13F6N3O/c19-17(20,21)15-4-2-1-3-14(15)16(11-9-25-26-10-11)27-12-5-7-13(8-6-12)28-18(22,23)24/h1-10,16,27H,(H,25,26). The summed E-state index contributed by atoms with van der Waals surface area (Å²) < 4.78 is 80.8. The van der Waals surface area contributed by atoms with Gasteiger partial charge in [-0.3, -0.25) is 5.10 Å². The number of alkyl halides is 6. The van der Waals surface area contributed by atoms with Crippen LogP contribution in [0, 0.1) is 0 Å². The minimum atomic E-state index is -4.83. The van der Waals surface area contributed by atoms with Gasteiger partial charge in [-0.05, 0) is 35.9 Å². The summed E-state index contributed by atoms with van der Waals surface area (Å²) in [5.74, 6) is -0.436. The Morgan fingerprint density at radius 2 is 1.61 bits per heavy atom. The molecule has 0 aliphatic heterocycles. The van der Waals surface area contributed by atoms with E-state index in [2.05, 4.69) is 20.3 Å². The number of hydrogen-bond acceptors (Lipinski definition) is 3. The van der Waals surface area contributed by atoms with Crippen LogP contribution in [0.2, 0.25) is 0 Å². The van der Waals surface area contributed by atoms with Crippen LogP contribution in [-0.4, -0.2) is 16.6 Å². The molecule has 1 heterocycles. The molecule has 28 heavy (non-hydrogen) atoms. The Hall–Kier alpha value is -3.17. The summed E-state index contributed by atoms with van der Waals surface area (Å²) in [6, 6.07) is 8.80. The number of anilines is 1. The Morgan fingerprint density at radius 3 is 2.18 bits per heavy atom. The van der Waals surface area contributed by atoms with E-state index in [1.54, 1.807) is 0 Å². The van der Waals surface area contributed by atoms with E-state index in [9.17, 15) is 26.3 Å². The number of aromatic nitrogens is 2. The van der Waals surface area contributed by atoms with E-state index in [0.717, 1.165) is 18.2 Å². The second-order valence-corrected chi connectivity index (χ2v) is 5.77. The van der Waals surface area contributed by atoms with E-state index >= 15 is 0 Å². The second kappa shape index (κ2) is 7.45. The molecule has 1 atom stereocenters. The first-order valence-corrected chi connectivity index (χ1v) is 7.90. The van der Waals surface area contributed by atoms with Gasteiger partial charge in [0.15, 0.2) is 0 Å². The number of nitrogens with zero attached hydrogens (tertiary/aromatic N) is 1. The molecule has 0 spiro atoms. The van der Waals surface area contributed by atoms with Crippen molar-refractivity contribution in [1.82, 2.24) is 10.2 Å². The van der Waals surface area contributed by atoms with Crippen molar-refractivity contribution in [3.8, 4) is 5.75 Å². The molecule has 0 aliphatic carbocycles. The second-order valence-electron chi connectivity index (χ2n) is 5.77. The Morgan fingerprint density at radius 1 is 0.929 bits per heavy atom. The highest BCUT2D eigenvalue weighted by atomic mass is 19.4. The third kappa shape index (κ3) is 4.76. The normalized spacial score (nSPS) is 13.2. The highest BCUT2D eigenvalue weighted by molar-refractivity contribution is 5.52. The van der Waals surface area contributed by atoms with Gasteiger partial charge < -0.3 is 10.1 Å². The molecule has 0 aliphatic rings. The van der Waals surface area contributed by atoms with E-state index in [4.69, 9.17) is 0 Å². The Bertz CT molecular complexity index is 904. The van der Waals surface area contributed by atoms with Crippen LogP contribution in [0.3, 0.4) is 0 Å². The fourth-order valence-electron chi connectivity index (χ4n) is 2.69. The topological polar surface area (TPSA) is 49.9 Å². The fraction of sp³-hybridized carbons (Fsp3) is 0.167. The molecule has 0 amide bonds. The Labute approximate surface area is 155 Å². The average Bonchev–Trinajstić information content (AvgIpc) is 3.13. The zero-order valence-corrected chi connectivity index (χ0v) is 14.0. The lowest BCUT2D eigenvalue weighted by Gasteiger charge is -2.23. The molecule has 2 N–H and O–H groups in total. The van der Waals surface area contributed by atoms with E-state index < -0.39 is 29.9 Å². The van der Waals surface area contributed by atoms with Crippen molar-refractivity contribution in [3.63, 3.8) is 0 Å². The maximum atomic E-state index is 13.4. The summed E-state index contributed by atoms with van der Waals surface area (Å²) in [5.41, 5.74) is -0.150. The van der Waals surface area contributed by atoms with Crippen LogP contribution in [0.5, 0.6) is 5.75 Å². The molecule has 3 rings (SSSR count). The van der Waals surface area contributed by atoms with Crippen LogP contribution in [0.15, 0.2) is 60.9 Å². The first-order valence-electron chi connectivity index (χ1n) is 7.90. The molecule has 3 aromatic rings. The van der Waals surface area contributed by atoms with Crippen molar-refractivity contribution < 1.29 is 31.1 Å². The van der Waals surface area contributed by atoms with Crippen molar-refractivity contribution in [2.75, 3.05) is 5.32 Å². The first kappa shape index (κ1) is 19.6. The van der Waals surface area contributed by atoms with Crippen LogP contribution in [0.25, 0.3) is 0 Å². The molecular weight excluding hydrogens is 388 g/mol.